The highest BCUT2D eigenvalue weighted by molar-refractivity contribution is 7.89. The van der Waals surface area contributed by atoms with E-state index >= 15 is 0 Å². The summed E-state index contributed by atoms with van der Waals surface area (Å²) in [5.74, 6) is -0.301. The highest BCUT2D eigenvalue weighted by atomic mass is 32.2. The van der Waals surface area contributed by atoms with Gasteiger partial charge in [0.15, 0.2) is 0 Å². The fraction of sp³-hybridized carbons (Fsp3) is 0.455. The zero-order chi connectivity index (χ0) is 23.1. The van der Waals surface area contributed by atoms with Crippen molar-refractivity contribution in [1.29, 1.82) is 0 Å². The van der Waals surface area contributed by atoms with Gasteiger partial charge in [-0.2, -0.15) is 9.41 Å². The van der Waals surface area contributed by atoms with E-state index in [9.17, 15) is 23.4 Å². The number of carbonyl (C=O) groups excluding carboxylic acids is 1. The van der Waals surface area contributed by atoms with E-state index in [0.717, 1.165) is 5.57 Å². The number of carbonyl (C=O) groups is 1. The second-order valence-electron chi connectivity index (χ2n) is 7.72. The third-order valence-electron chi connectivity index (χ3n) is 5.55. The van der Waals surface area contributed by atoms with Gasteiger partial charge in [0, 0.05) is 25.1 Å². The Morgan fingerprint density at radius 2 is 2.09 bits per heavy atom. The van der Waals surface area contributed by atoms with Gasteiger partial charge in [0.05, 0.1) is 31.3 Å². The van der Waals surface area contributed by atoms with E-state index in [0.29, 0.717) is 55.8 Å². The van der Waals surface area contributed by atoms with Crippen molar-refractivity contribution < 1.29 is 28.2 Å². The Kier molecular flexibility index (Phi) is 8.19. The van der Waals surface area contributed by atoms with Crippen molar-refractivity contribution in [2.24, 2.45) is 5.10 Å². The maximum atomic E-state index is 12.7. The molecule has 1 heterocycles. The van der Waals surface area contributed by atoms with Crippen LogP contribution >= 0.6 is 0 Å². The number of aryl methyl sites for hydroxylation is 1. The molecule has 3 N–H and O–H groups in total. The molecule has 1 aliphatic carbocycles. The van der Waals surface area contributed by atoms with Crippen LogP contribution in [0, 0.1) is 6.92 Å². The molecule has 1 aromatic carbocycles. The molecule has 1 fully saturated rings. The fourth-order valence-corrected chi connectivity index (χ4v) is 5.22. The number of nitrogens with one attached hydrogen (secondary N) is 1. The molecule has 1 unspecified atom stereocenters. The fourth-order valence-electron chi connectivity index (χ4n) is 3.57. The van der Waals surface area contributed by atoms with Crippen LogP contribution in [0.4, 0.5) is 0 Å². The molecule has 10 heteroatoms. The molecule has 0 aromatic heterocycles. The number of hydrazone groups is 1. The zero-order valence-electron chi connectivity index (χ0n) is 18.0. The highest BCUT2D eigenvalue weighted by Gasteiger charge is 2.31. The number of benzene rings is 1. The maximum absolute atomic E-state index is 12.7. The van der Waals surface area contributed by atoms with Crippen LogP contribution in [-0.4, -0.2) is 66.6 Å². The van der Waals surface area contributed by atoms with Crippen molar-refractivity contribution in [3.05, 3.63) is 52.6 Å². The summed E-state index contributed by atoms with van der Waals surface area (Å²) >= 11 is 0. The number of nitrogens with zero attached hydrogens (tertiary/aromatic N) is 2. The molecule has 0 spiro atoms. The normalized spacial score (nSPS) is 19.8. The van der Waals surface area contributed by atoms with E-state index in [2.05, 4.69) is 10.5 Å². The molecular weight excluding hydrogens is 434 g/mol. The van der Waals surface area contributed by atoms with Crippen LogP contribution in [0.1, 0.15) is 36.0 Å². The Hall–Kier alpha value is -2.53. The lowest BCUT2D eigenvalue weighted by Gasteiger charge is -2.29. The van der Waals surface area contributed by atoms with Gasteiger partial charge in [-0.1, -0.05) is 35.9 Å². The number of hydrogen-bond acceptors (Lipinski definition) is 7. The van der Waals surface area contributed by atoms with Gasteiger partial charge < -0.3 is 14.9 Å². The standard InChI is InChI=1S/C22H29N3O6S/c1-16-2-6-18(15-26)20(22(16)28)14-23-24-21(27)9-5-17-3-7-19(8-4-17)32(29,30)25-10-12-31-13-11-25/h2-4,6-7,14,19,26,28H,5,8-13,15H2,1H3,(H,24,27)/b23-14+. The van der Waals surface area contributed by atoms with Crippen molar-refractivity contribution in [3.8, 4) is 5.75 Å². The third-order valence-corrected chi connectivity index (χ3v) is 7.75. The third kappa shape index (κ3) is 5.83. The lowest BCUT2D eigenvalue weighted by Crippen LogP contribution is -2.44. The molecule has 3 rings (SSSR count). The first-order valence-corrected chi connectivity index (χ1v) is 12.0. The summed E-state index contributed by atoms with van der Waals surface area (Å²) < 4.78 is 32.1. The minimum absolute atomic E-state index is 0.00799. The Morgan fingerprint density at radius 3 is 2.75 bits per heavy atom. The van der Waals surface area contributed by atoms with Gasteiger partial charge in [-0.15, -0.1) is 0 Å². The maximum Gasteiger partial charge on any atom is 0.240 e. The quantitative estimate of drug-likeness (QED) is 0.394. The van der Waals surface area contributed by atoms with Crippen LogP contribution in [0.2, 0.25) is 0 Å². The summed E-state index contributed by atoms with van der Waals surface area (Å²) in [6, 6.07) is 3.38. The molecule has 2 aliphatic rings. The number of aliphatic hydroxyl groups is 1. The lowest BCUT2D eigenvalue weighted by molar-refractivity contribution is -0.121. The van der Waals surface area contributed by atoms with Crippen molar-refractivity contribution in [3.63, 3.8) is 0 Å². The minimum Gasteiger partial charge on any atom is -0.507 e. The van der Waals surface area contributed by atoms with Gasteiger partial charge in [0.25, 0.3) is 0 Å². The molecule has 1 saturated heterocycles. The van der Waals surface area contributed by atoms with E-state index in [1.54, 1.807) is 31.2 Å². The number of aromatic hydroxyl groups is 1. The van der Waals surface area contributed by atoms with Crippen LogP contribution in [-0.2, 0) is 26.2 Å². The molecular formula is C22H29N3O6S. The molecule has 0 saturated carbocycles. The van der Waals surface area contributed by atoms with E-state index < -0.39 is 15.3 Å². The second kappa shape index (κ2) is 10.9. The number of morpholine rings is 1. The van der Waals surface area contributed by atoms with Crippen LogP contribution in [0.25, 0.3) is 0 Å². The molecule has 1 aromatic rings. The molecule has 1 aliphatic heterocycles. The SMILES string of the molecule is Cc1ccc(CO)c(/C=N/NC(=O)CCC2=CCC(S(=O)(=O)N3CCOCC3)C=C2)c1O. The number of ether oxygens (including phenoxy) is 1. The Balaban J connectivity index is 1.49. The zero-order valence-corrected chi connectivity index (χ0v) is 18.8. The van der Waals surface area contributed by atoms with Gasteiger partial charge in [-0.3, -0.25) is 4.79 Å². The number of aliphatic hydroxyl groups excluding tert-OH is 1. The first-order valence-electron chi connectivity index (χ1n) is 10.5. The predicted octanol–water partition coefficient (Wildman–Crippen LogP) is 1.34. The van der Waals surface area contributed by atoms with E-state index in [-0.39, 0.29) is 24.7 Å². The first kappa shape index (κ1) is 24.1. The number of phenols is 1. The smallest absolute Gasteiger partial charge is 0.240 e. The molecule has 32 heavy (non-hydrogen) atoms. The van der Waals surface area contributed by atoms with Crippen molar-refractivity contribution in [1.82, 2.24) is 9.73 Å². The largest absolute Gasteiger partial charge is 0.507 e. The summed E-state index contributed by atoms with van der Waals surface area (Å²) in [4.78, 5) is 12.1. The number of rotatable bonds is 8. The topological polar surface area (TPSA) is 129 Å². The summed E-state index contributed by atoms with van der Waals surface area (Å²) in [5, 5.41) is 22.8. The number of amides is 1. The first-order chi connectivity index (χ1) is 15.3. The average Bonchev–Trinajstić information content (AvgIpc) is 2.81. The van der Waals surface area contributed by atoms with E-state index in [4.69, 9.17) is 4.74 Å². The second-order valence-corrected chi connectivity index (χ2v) is 9.88. The number of allylic oxidation sites excluding steroid dienone is 3. The molecule has 1 amide bonds. The monoisotopic (exact) mass is 463 g/mol. The van der Waals surface area contributed by atoms with Gasteiger partial charge in [-0.25, -0.2) is 13.8 Å². The molecule has 9 nitrogen and oxygen atoms in total. The van der Waals surface area contributed by atoms with Crippen LogP contribution in [0.3, 0.4) is 0 Å². The highest BCUT2D eigenvalue weighted by Crippen LogP contribution is 2.24. The van der Waals surface area contributed by atoms with Crippen molar-refractivity contribution in [2.75, 3.05) is 26.3 Å². The van der Waals surface area contributed by atoms with Gasteiger partial charge in [0.1, 0.15) is 5.75 Å². The molecule has 1 atom stereocenters. The predicted molar refractivity (Wildman–Crippen MR) is 121 cm³/mol. The molecule has 0 radical (unpaired) electrons. The molecule has 174 valence electrons. The van der Waals surface area contributed by atoms with Gasteiger partial charge in [-0.05, 0) is 30.9 Å². The van der Waals surface area contributed by atoms with Crippen LogP contribution < -0.4 is 5.43 Å². The average molecular weight is 464 g/mol. The van der Waals surface area contributed by atoms with Crippen LogP contribution in [0.15, 0.2) is 41.0 Å². The summed E-state index contributed by atoms with van der Waals surface area (Å²) in [7, 11) is -3.41. The van der Waals surface area contributed by atoms with E-state index in [1.165, 1.54) is 10.5 Å². The lowest BCUT2D eigenvalue weighted by atomic mass is 10.0. The number of hydrogen-bond donors (Lipinski definition) is 3. The van der Waals surface area contributed by atoms with E-state index in [1.807, 2.05) is 6.08 Å². The number of sulfonamides is 1. The minimum atomic E-state index is -3.41. The summed E-state index contributed by atoms with van der Waals surface area (Å²) in [6.07, 6.45) is 7.64. The number of phenolic OH excluding ortho intramolecular Hbond substituents is 1. The Bertz CT molecular complexity index is 1030. The Labute approximate surface area is 188 Å². The summed E-state index contributed by atoms with van der Waals surface area (Å²) in [6.45, 7) is 3.06. The van der Waals surface area contributed by atoms with Gasteiger partial charge >= 0.3 is 0 Å². The molecule has 0 bridgehead atoms. The van der Waals surface area contributed by atoms with Crippen LogP contribution in [0.5, 0.6) is 5.75 Å². The Morgan fingerprint density at radius 1 is 1.34 bits per heavy atom. The summed E-state index contributed by atoms with van der Waals surface area (Å²) in [5.41, 5.74) is 4.82. The van der Waals surface area contributed by atoms with Crippen molar-refractivity contribution in [2.45, 2.75) is 38.0 Å². The van der Waals surface area contributed by atoms with Gasteiger partial charge in [0.2, 0.25) is 15.9 Å². The van der Waals surface area contributed by atoms with Crippen molar-refractivity contribution >= 4 is 22.1 Å².